The van der Waals surface area contributed by atoms with Gasteiger partial charge < -0.3 is 32.4 Å². The van der Waals surface area contributed by atoms with E-state index in [2.05, 4.69) is 10.2 Å². The summed E-state index contributed by atoms with van der Waals surface area (Å²) in [4.78, 5) is 0. The molecule has 10 nitrogen and oxygen atoms in total. The van der Waals surface area contributed by atoms with E-state index in [0.29, 0.717) is 47.6 Å². The summed E-state index contributed by atoms with van der Waals surface area (Å²) in [6.45, 7) is 0.796. The third-order valence-corrected chi connectivity index (χ3v) is 4.17. The van der Waals surface area contributed by atoms with Crippen molar-refractivity contribution >= 4 is 23.0 Å². The average Bonchev–Trinajstić information content (AvgIpc) is 3.12. The summed E-state index contributed by atoms with van der Waals surface area (Å²) in [6.07, 6.45) is 3.03. The highest BCUT2D eigenvalue weighted by molar-refractivity contribution is 5.58. The lowest BCUT2D eigenvalue weighted by Gasteiger charge is -2.16. The van der Waals surface area contributed by atoms with Crippen molar-refractivity contribution in [3.63, 3.8) is 0 Å². The van der Waals surface area contributed by atoms with Crippen LogP contribution in [0.15, 0.2) is 24.5 Å². The minimum absolute atomic E-state index is 0.397. The second kappa shape index (κ2) is 6.75. The van der Waals surface area contributed by atoms with Crippen LogP contribution >= 0.6 is 0 Å². The molecule has 0 amide bonds. The SMILES string of the molecule is COc1cc(Cn2ncc(N)c2N)c(Cn2ncc(N)c2N)cc1OC. The van der Waals surface area contributed by atoms with Crippen molar-refractivity contribution in [2.75, 3.05) is 37.2 Å². The Bertz CT molecular complexity index is 855. The molecule has 0 unspecified atom stereocenters. The molecule has 3 rings (SSSR count). The van der Waals surface area contributed by atoms with Crippen molar-refractivity contribution in [2.24, 2.45) is 0 Å². The van der Waals surface area contributed by atoms with Crippen LogP contribution in [-0.2, 0) is 13.1 Å². The molecule has 0 atom stereocenters. The van der Waals surface area contributed by atoms with E-state index in [9.17, 15) is 0 Å². The fourth-order valence-electron chi connectivity index (χ4n) is 2.65. The Morgan fingerprint density at radius 3 is 1.42 bits per heavy atom. The van der Waals surface area contributed by atoms with Crippen LogP contribution in [0, 0.1) is 0 Å². The molecule has 26 heavy (non-hydrogen) atoms. The predicted molar refractivity (Wildman–Crippen MR) is 99.9 cm³/mol. The quantitative estimate of drug-likeness (QED) is 0.496. The lowest BCUT2D eigenvalue weighted by Crippen LogP contribution is -2.12. The summed E-state index contributed by atoms with van der Waals surface area (Å²) >= 11 is 0. The van der Waals surface area contributed by atoms with Crippen molar-refractivity contribution in [2.45, 2.75) is 13.1 Å². The van der Waals surface area contributed by atoms with E-state index >= 15 is 0 Å². The molecule has 138 valence electrons. The van der Waals surface area contributed by atoms with Gasteiger partial charge in [0.15, 0.2) is 11.5 Å². The normalized spacial score (nSPS) is 10.8. The number of nitrogens with two attached hydrogens (primary N) is 4. The summed E-state index contributed by atoms with van der Waals surface area (Å²) in [6, 6.07) is 3.74. The summed E-state index contributed by atoms with van der Waals surface area (Å²) in [5.41, 5.74) is 26.2. The molecule has 0 fully saturated rings. The van der Waals surface area contributed by atoms with Gasteiger partial charge in [-0.2, -0.15) is 10.2 Å². The first-order valence-corrected chi connectivity index (χ1v) is 7.81. The van der Waals surface area contributed by atoms with Crippen LogP contribution in [0.25, 0.3) is 0 Å². The minimum atomic E-state index is 0.397. The lowest BCUT2D eigenvalue weighted by atomic mass is 10.1. The standard InChI is InChI=1S/C16H22N8O2/c1-25-13-3-9(7-23-15(19)11(17)5-21-23)10(4-14(13)26-2)8-24-16(20)12(18)6-22-24/h3-6H,7-8,17-20H2,1-2H3. The Balaban J connectivity index is 2.05. The molecular formula is C16H22N8O2. The molecule has 0 saturated carbocycles. The highest BCUT2D eigenvalue weighted by atomic mass is 16.5. The Morgan fingerprint density at radius 2 is 1.15 bits per heavy atom. The monoisotopic (exact) mass is 358 g/mol. The molecular weight excluding hydrogens is 336 g/mol. The maximum atomic E-state index is 5.97. The van der Waals surface area contributed by atoms with E-state index in [1.54, 1.807) is 23.6 Å². The van der Waals surface area contributed by atoms with E-state index in [-0.39, 0.29) is 0 Å². The second-order valence-electron chi connectivity index (χ2n) is 5.76. The van der Waals surface area contributed by atoms with Crippen LogP contribution < -0.4 is 32.4 Å². The first-order valence-electron chi connectivity index (χ1n) is 7.81. The van der Waals surface area contributed by atoms with Crippen LogP contribution in [-0.4, -0.2) is 33.8 Å². The third-order valence-electron chi connectivity index (χ3n) is 4.17. The average molecular weight is 358 g/mol. The van der Waals surface area contributed by atoms with E-state index < -0.39 is 0 Å². The fraction of sp³-hybridized carbons (Fsp3) is 0.250. The predicted octanol–water partition coefficient (Wildman–Crippen LogP) is 0.522. The van der Waals surface area contributed by atoms with Crippen molar-refractivity contribution in [1.82, 2.24) is 19.6 Å². The first kappa shape index (κ1) is 17.3. The van der Waals surface area contributed by atoms with Crippen molar-refractivity contribution in [3.05, 3.63) is 35.7 Å². The van der Waals surface area contributed by atoms with Crippen LogP contribution in [0.3, 0.4) is 0 Å². The van der Waals surface area contributed by atoms with E-state index in [4.69, 9.17) is 32.4 Å². The molecule has 3 aromatic rings. The maximum Gasteiger partial charge on any atom is 0.161 e. The Hall–Kier alpha value is -3.56. The largest absolute Gasteiger partial charge is 0.493 e. The second-order valence-corrected chi connectivity index (χ2v) is 5.76. The zero-order valence-corrected chi connectivity index (χ0v) is 14.6. The Kier molecular flexibility index (Phi) is 4.48. The smallest absolute Gasteiger partial charge is 0.161 e. The molecule has 0 aliphatic heterocycles. The molecule has 8 N–H and O–H groups in total. The van der Waals surface area contributed by atoms with Gasteiger partial charge >= 0.3 is 0 Å². The number of hydrogen-bond donors (Lipinski definition) is 4. The summed E-state index contributed by atoms with van der Waals surface area (Å²) < 4.78 is 14.0. The molecule has 10 heteroatoms. The van der Waals surface area contributed by atoms with Gasteiger partial charge in [0.1, 0.15) is 11.6 Å². The minimum Gasteiger partial charge on any atom is -0.493 e. The van der Waals surface area contributed by atoms with Crippen LogP contribution in [0.4, 0.5) is 23.0 Å². The number of ether oxygens (including phenoxy) is 2. The Labute approximate surface area is 150 Å². The van der Waals surface area contributed by atoms with Crippen LogP contribution in [0.5, 0.6) is 11.5 Å². The van der Waals surface area contributed by atoms with E-state index in [0.717, 1.165) is 11.1 Å². The van der Waals surface area contributed by atoms with Gasteiger partial charge in [-0.25, -0.2) is 9.36 Å². The van der Waals surface area contributed by atoms with Gasteiger partial charge in [0.25, 0.3) is 0 Å². The molecule has 0 aliphatic rings. The number of benzene rings is 1. The summed E-state index contributed by atoms with van der Waals surface area (Å²) in [7, 11) is 3.15. The zero-order valence-electron chi connectivity index (χ0n) is 14.6. The van der Waals surface area contributed by atoms with Gasteiger partial charge in [0, 0.05) is 0 Å². The van der Waals surface area contributed by atoms with E-state index in [1.165, 1.54) is 12.4 Å². The highest BCUT2D eigenvalue weighted by Gasteiger charge is 2.15. The molecule has 2 heterocycles. The topological polar surface area (TPSA) is 158 Å². The van der Waals surface area contributed by atoms with Crippen molar-refractivity contribution < 1.29 is 9.47 Å². The first-order chi connectivity index (χ1) is 12.4. The molecule has 0 spiro atoms. The number of anilines is 4. The van der Waals surface area contributed by atoms with Crippen LogP contribution in [0.1, 0.15) is 11.1 Å². The molecule has 0 radical (unpaired) electrons. The van der Waals surface area contributed by atoms with Gasteiger partial charge in [0.05, 0.1) is 51.1 Å². The number of methoxy groups -OCH3 is 2. The molecule has 0 bridgehead atoms. The van der Waals surface area contributed by atoms with Crippen molar-refractivity contribution in [1.29, 1.82) is 0 Å². The highest BCUT2D eigenvalue weighted by Crippen LogP contribution is 2.32. The lowest BCUT2D eigenvalue weighted by molar-refractivity contribution is 0.353. The van der Waals surface area contributed by atoms with Gasteiger partial charge in [-0.05, 0) is 23.3 Å². The van der Waals surface area contributed by atoms with Crippen LogP contribution in [0.2, 0.25) is 0 Å². The van der Waals surface area contributed by atoms with Gasteiger partial charge in [-0.15, -0.1) is 0 Å². The molecule has 0 aliphatic carbocycles. The maximum absolute atomic E-state index is 5.97. The molecule has 0 saturated heterocycles. The fourth-order valence-corrected chi connectivity index (χ4v) is 2.65. The third kappa shape index (κ3) is 3.04. The van der Waals surface area contributed by atoms with Gasteiger partial charge in [-0.3, -0.25) is 0 Å². The number of nitrogens with zero attached hydrogens (tertiary/aromatic N) is 4. The van der Waals surface area contributed by atoms with E-state index in [1.807, 2.05) is 12.1 Å². The number of nitrogen functional groups attached to an aromatic ring is 4. The number of rotatable bonds is 6. The van der Waals surface area contributed by atoms with Gasteiger partial charge in [-0.1, -0.05) is 0 Å². The number of aromatic nitrogens is 4. The summed E-state index contributed by atoms with van der Waals surface area (Å²) in [5, 5.41) is 8.41. The zero-order chi connectivity index (χ0) is 18.8. The Morgan fingerprint density at radius 1 is 0.769 bits per heavy atom. The summed E-state index contributed by atoms with van der Waals surface area (Å²) in [5.74, 6) is 1.98. The van der Waals surface area contributed by atoms with Gasteiger partial charge in [0.2, 0.25) is 0 Å². The number of hydrogen-bond acceptors (Lipinski definition) is 8. The molecule has 1 aromatic carbocycles. The molecule has 2 aromatic heterocycles. The van der Waals surface area contributed by atoms with Crippen molar-refractivity contribution in [3.8, 4) is 11.5 Å².